The van der Waals surface area contributed by atoms with E-state index in [0.29, 0.717) is 6.54 Å². The molecule has 0 fully saturated rings. The lowest BCUT2D eigenvalue weighted by Crippen LogP contribution is -2.30. The lowest BCUT2D eigenvalue weighted by atomic mass is 10.1. The summed E-state index contributed by atoms with van der Waals surface area (Å²) in [7, 11) is 1.73. The molecule has 0 radical (unpaired) electrons. The highest BCUT2D eigenvalue weighted by Gasteiger charge is 2.33. The number of hydrogen-bond donors (Lipinski definition) is 1. The van der Waals surface area contributed by atoms with Crippen molar-refractivity contribution in [3.05, 3.63) is 64.1 Å². The third-order valence-electron chi connectivity index (χ3n) is 3.29. The van der Waals surface area contributed by atoms with Crippen molar-refractivity contribution in [1.29, 1.82) is 0 Å². The van der Waals surface area contributed by atoms with E-state index < -0.39 is 17.6 Å². The fourth-order valence-corrected chi connectivity index (χ4v) is 2.50. The van der Waals surface area contributed by atoms with Crippen molar-refractivity contribution in [3.63, 3.8) is 0 Å². The second-order valence-corrected chi connectivity index (χ2v) is 6.31. The number of rotatable bonds is 5. The number of carbonyl (C=O) groups is 1. The molecule has 0 bridgehead atoms. The molecule has 0 saturated carbocycles. The van der Waals surface area contributed by atoms with Crippen molar-refractivity contribution in [2.24, 2.45) is 0 Å². The Labute approximate surface area is 146 Å². The summed E-state index contributed by atoms with van der Waals surface area (Å²) < 4.78 is 39.7. The normalized spacial score (nSPS) is 11.6. The van der Waals surface area contributed by atoms with Gasteiger partial charge in [-0.15, -0.1) is 0 Å². The van der Waals surface area contributed by atoms with Crippen LogP contribution in [0.5, 0.6) is 0 Å². The number of para-hydroxylation sites is 1. The number of alkyl halides is 3. The molecular formula is C17H16BrF3N2O. The first-order chi connectivity index (χ1) is 11.3. The van der Waals surface area contributed by atoms with Crippen LogP contribution in [0.25, 0.3) is 0 Å². The molecule has 7 heteroatoms. The van der Waals surface area contributed by atoms with E-state index in [2.05, 4.69) is 21.2 Å². The van der Waals surface area contributed by atoms with Crippen LogP contribution in [0.1, 0.15) is 11.1 Å². The molecule has 24 heavy (non-hydrogen) atoms. The number of anilines is 1. The Morgan fingerprint density at radius 2 is 1.75 bits per heavy atom. The van der Waals surface area contributed by atoms with Crippen LogP contribution in [-0.4, -0.2) is 24.4 Å². The van der Waals surface area contributed by atoms with E-state index in [1.165, 1.54) is 18.2 Å². The number of halogens is 4. The van der Waals surface area contributed by atoms with Crippen LogP contribution in [0, 0.1) is 0 Å². The number of benzene rings is 2. The first kappa shape index (κ1) is 18.5. The van der Waals surface area contributed by atoms with Gasteiger partial charge in [0.2, 0.25) is 5.91 Å². The highest BCUT2D eigenvalue weighted by Crippen LogP contribution is 2.34. The molecule has 0 aromatic heterocycles. The molecule has 1 N–H and O–H groups in total. The minimum atomic E-state index is -4.51. The predicted molar refractivity (Wildman–Crippen MR) is 90.5 cm³/mol. The Bertz CT molecular complexity index is 702. The molecule has 2 aromatic rings. The molecule has 0 saturated heterocycles. The van der Waals surface area contributed by atoms with Gasteiger partial charge in [0, 0.05) is 11.0 Å². The molecule has 128 valence electrons. The lowest BCUT2D eigenvalue weighted by molar-refractivity contribution is -0.137. The number of nitrogens with one attached hydrogen (secondary N) is 1. The summed E-state index contributed by atoms with van der Waals surface area (Å²) >= 11 is 3.34. The summed E-state index contributed by atoms with van der Waals surface area (Å²) in [6, 6.07) is 12.5. The van der Waals surface area contributed by atoms with Crippen molar-refractivity contribution in [2.75, 3.05) is 18.9 Å². The Morgan fingerprint density at radius 1 is 1.12 bits per heavy atom. The van der Waals surface area contributed by atoms with Crippen LogP contribution in [-0.2, 0) is 17.5 Å². The Kier molecular flexibility index (Phi) is 6.01. The highest BCUT2D eigenvalue weighted by atomic mass is 79.9. The predicted octanol–water partition coefficient (Wildman–Crippen LogP) is 4.54. The maximum atomic E-state index is 12.9. The topological polar surface area (TPSA) is 32.3 Å². The second kappa shape index (κ2) is 7.81. The first-order valence-electron chi connectivity index (χ1n) is 7.15. The summed E-state index contributed by atoms with van der Waals surface area (Å²) in [5.41, 5.74) is -0.0786. The molecule has 0 aliphatic carbocycles. The van der Waals surface area contributed by atoms with E-state index in [1.54, 1.807) is 11.9 Å². The Hall–Kier alpha value is -1.86. The third-order valence-corrected chi connectivity index (χ3v) is 3.81. The maximum Gasteiger partial charge on any atom is 0.418 e. The van der Waals surface area contributed by atoms with Crippen LogP contribution in [0.2, 0.25) is 0 Å². The van der Waals surface area contributed by atoms with E-state index in [4.69, 9.17) is 0 Å². The van der Waals surface area contributed by atoms with Gasteiger partial charge in [0.05, 0.1) is 17.8 Å². The molecular weight excluding hydrogens is 385 g/mol. The highest BCUT2D eigenvalue weighted by molar-refractivity contribution is 9.10. The van der Waals surface area contributed by atoms with Gasteiger partial charge in [-0.05, 0) is 36.9 Å². The number of carbonyl (C=O) groups excluding carboxylic acids is 1. The van der Waals surface area contributed by atoms with Crippen LogP contribution in [0.4, 0.5) is 18.9 Å². The molecule has 0 spiro atoms. The monoisotopic (exact) mass is 400 g/mol. The van der Waals surface area contributed by atoms with Crippen molar-refractivity contribution in [2.45, 2.75) is 12.7 Å². The number of amides is 1. The van der Waals surface area contributed by atoms with Crippen LogP contribution >= 0.6 is 15.9 Å². The van der Waals surface area contributed by atoms with Crippen LogP contribution in [0.3, 0.4) is 0 Å². The number of nitrogens with zero attached hydrogens (tertiary/aromatic N) is 1. The van der Waals surface area contributed by atoms with Gasteiger partial charge in [0.25, 0.3) is 0 Å². The quantitative estimate of drug-likeness (QED) is 0.798. The van der Waals surface area contributed by atoms with Gasteiger partial charge in [-0.3, -0.25) is 9.69 Å². The minimum Gasteiger partial charge on any atom is -0.324 e. The molecule has 0 unspecified atom stereocenters. The fourth-order valence-electron chi connectivity index (χ4n) is 2.23. The largest absolute Gasteiger partial charge is 0.418 e. The lowest BCUT2D eigenvalue weighted by Gasteiger charge is -2.18. The van der Waals surface area contributed by atoms with Gasteiger partial charge in [-0.1, -0.05) is 40.2 Å². The average molecular weight is 401 g/mol. The van der Waals surface area contributed by atoms with E-state index in [0.717, 1.165) is 16.1 Å². The molecule has 0 aliphatic rings. The molecule has 0 aliphatic heterocycles. The van der Waals surface area contributed by atoms with Crippen molar-refractivity contribution >= 4 is 27.5 Å². The van der Waals surface area contributed by atoms with Gasteiger partial charge in [0.15, 0.2) is 0 Å². The smallest absolute Gasteiger partial charge is 0.324 e. The van der Waals surface area contributed by atoms with Crippen LogP contribution < -0.4 is 5.32 Å². The van der Waals surface area contributed by atoms with Gasteiger partial charge >= 0.3 is 6.18 Å². The van der Waals surface area contributed by atoms with Gasteiger partial charge in [-0.25, -0.2) is 0 Å². The zero-order valence-corrected chi connectivity index (χ0v) is 14.5. The van der Waals surface area contributed by atoms with Gasteiger partial charge in [0.1, 0.15) is 0 Å². The number of likely N-dealkylation sites (N-methyl/N-ethyl adjacent to an activating group) is 1. The zero-order chi connectivity index (χ0) is 17.7. The summed E-state index contributed by atoms with van der Waals surface area (Å²) in [4.78, 5) is 13.7. The molecule has 1 amide bonds. The van der Waals surface area contributed by atoms with E-state index in [-0.39, 0.29) is 12.2 Å². The molecule has 0 heterocycles. The third kappa shape index (κ3) is 5.35. The second-order valence-electron chi connectivity index (χ2n) is 5.39. The molecule has 0 atom stereocenters. The standard InChI is InChI=1S/C17H16BrF3N2O/c1-23(10-12-6-8-13(18)9-7-12)11-16(24)22-15-5-3-2-4-14(15)17(19,20)21/h2-9H,10-11H2,1H3,(H,22,24). The van der Waals surface area contributed by atoms with Crippen molar-refractivity contribution < 1.29 is 18.0 Å². The van der Waals surface area contributed by atoms with E-state index >= 15 is 0 Å². The van der Waals surface area contributed by atoms with Crippen molar-refractivity contribution in [3.8, 4) is 0 Å². The molecule has 2 aromatic carbocycles. The van der Waals surface area contributed by atoms with Gasteiger partial charge < -0.3 is 5.32 Å². The minimum absolute atomic E-state index is 0.0117. The Balaban J connectivity index is 1.97. The summed E-state index contributed by atoms with van der Waals surface area (Å²) in [5.74, 6) is -0.494. The average Bonchev–Trinajstić information content (AvgIpc) is 2.49. The molecule has 3 nitrogen and oxygen atoms in total. The van der Waals surface area contributed by atoms with Gasteiger partial charge in [-0.2, -0.15) is 13.2 Å². The Morgan fingerprint density at radius 3 is 2.38 bits per heavy atom. The first-order valence-corrected chi connectivity index (χ1v) is 7.94. The summed E-state index contributed by atoms with van der Waals surface area (Å²) in [5, 5.41) is 2.33. The zero-order valence-electron chi connectivity index (χ0n) is 12.9. The summed E-state index contributed by atoms with van der Waals surface area (Å²) in [6.45, 7) is 0.504. The number of hydrogen-bond acceptors (Lipinski definition) is 2. The van der Waals surface area contributed by atoms with Crippen LogP contribution in [0.15, 0.2) is 53.0 Å². The maximum absolute atomic E-state index is 12.9. The van der Waals surface area contributed by atoms with E-state index in [1.807, 2.05) is 24.3 Å². The molecule has 2 rings (SSSR count). The van der Waals surface area contributed by atoms with E-state index in [9.17, 15) is 18.0 Å². The van der Waals surface area contributed by atoms with Crippen molar-refractivity contribution in [1.82, 2.24) is 4.90 Å². The summed E-state index contributed by atoms with van der Waals surface area (Å²) in [6.07, 6.45) is -4.51. The fraction of sp³-hybridized carbons (Fsp3) is 0.235. The SMILES string of the molecule is CN(CC(=O)Nc1ccccc1C(F)(F)F)Cc1ccc(Br)cc1.